The van der Waals surface area contributed by atoms with Crippen LogP contribution in [0.5, 0.6) is 17.2 Å². The number of likely N-dealkylation sites (tertiary alicyclic amines) is 1. The van der Waals surface area contributed by atoms with Gasteiger partial charge < -0.3 is 19.3 Å². The zero-order chi connectivity index (χ0) is 21.3. The summed E-state index contributed by atoms with van der Waals surface area (Å²) in [5.41, 5.74) is 1.08. The molecule has 1 N–H and O–H groups in total. The smallest absolute Gasteiger partial charge is 0.320 e. The number of ether oxygens (including phenoxy) is 3. The summed E-state index contributed by atoms with van der Waals surface area (Å²) >= 11 is 0. The second kappa shape index (κ2) is 8.40. The number of carboxylic acids is 1. The van der Waals surface area contributed by atoms with Gasteiger partial charge in [0, 0.05) is 6.54 Å². The minimum Gasteiger partial charge on any atom is -0.497 e. The highest BCUT2D eigenvalue weighted by molar-refractivity contribution is 6.10. The fourth-order valence-corrected chi connectivity index (χ4v) is 4.46. The van der Waals surface area contributed by atoms with Gasteiger partial charge in [0.1, 0.15) is 11.8 Å². The lowest BCUT2D eigenvalue weighted by atomic mass is 9.94. The third-order valence-electron chi connectivity index (χ3n) is 6.02. The number of rotatable bonds is 6. The Labute approximate surface area is 175 Å². The van der Waals surface area contributed by atoms with Gasteiger partial charge in [0.05, 0.1) is 21.3 Å². The molecule has 0 spiro atoms. The maximum Gasteiger partial charge on any atom is 0.320 e. The van der Waals surface area contributed by atoms with E-state index in [0.29, 0.717) is 24.5 Å². The number of hydrogen-bond acceptors (Lipinski definition) is 5. The van der Waals surface area contributed by atoms with Crippen molar-refractivity contribution in [2.45, 2.75) is 31.8 Å². The molecule has 1 fully saturated rings. The molecular weight excluding hydrogens is 382 g/mol. The third-order valence-corrected chi connectivity index (χ3v) is 6.02. The molecule has 1 atom stereocenters. The van der Waals surface area contributed by atoms with Crippen molar-refractivity contribution in [1.82, 2.24) is 4.90 Å². The van der Waals surface area contributed by atoms with E-state index in [4.69, 9.17) is 14.2 Å². The summed E-state index contributed by atoms with van der Waals surface area (Å²) in [4.78, 5) is 13.9. The fraction of sp³-hybridized carbons (Fsp3) is 0.375. The molecule has 6 nitrogen and oxygen atoms in total. The molecule has 30 heavy (non-hydrogen) atoms. The molecule has 1 aliphatic rings. The predicted molar refractivity (Wildman–Crippen MR) is 117 cm³/mol. The second-order valence-electron chi connectivity index (χ2n) is 7.70. The molecule has 0 bridgehead atoms. The summed E-state index contributed by atoms with van der Waals surface area (Å²) in [6.45, 7) is 1.36. The van der Waals surface area contributed by atoms with Gasteiger partial charge >= 0.3 is 5.97 Å². The van der Waals surface area contributed by atoms with Gasteiger partial charge in [-0.15, -0.1) is 0 Å². The van der Waals surface area contributed by atoms with Crippen LogP contribution in [0.25, 0.3) is 21.5 Å². The van der Waals surface area contributed by atoms with E-state index in [1.165, 1.54) is 0 Å². The average molecular weight is 409 g/mol. The number of piperidine rings is 1. The standard InChI is InChI=1S/C24H27NO5/c1-28-17-8-7-15-10-16(14-25-9-5-4-6-21(25)24(26)27)19-12-22(29-2)23(30-3)13-20(19)18(15)11-17/h7-8,10-13,21H,4-6,9,14H2,1-3H3,(H,26,27). The van der Waals surface area contributed by atoms with E-state index in [2.05, 4.69) is 11.0 Å². The molecule has 0 saturated carbocycles. The van der Waals surface area contributed by atoms with Crippen LogP contribution >= 0.6 is 0 Å². The molecule has 3 aromatic carbocycles. The Morgan fingerprint density at radius 2 is 1.70 bits per heavy atom. The van der Waals surface area contributed by atoms with Crippen molar-refractivity contribution in [3.8, 4) is 17.2 Å². The Bertz CT molecular complexity index is 1090. The molecule has 4 rings (SSSR count). The first-order valence-corrected chi connectivity index (χ1v) is 10.2. The van der Waals surface area contributed by atoms with Gasteiger partial charge in [-0.3, -0.25) is 9.69 Å². The zero-order valence-corrected chi connectivity index (χ0v) is 17.6. The van der Waals surface area contributed by atoms with Crippen LogP contribution in [0.3, 0.4) is 0 Å². The largest absolute Gasteiger partial charge is 0.497 e. The molecular formula is C24H27NO5. The molecule has 1 saturated heterocycles. The molecule has 1 unspecified atom stereocenters. The predicted octanol–water partition coefficient (Wildman–Crippen LogP) is 4.46. The first-order valence-electron chi connectivity index (χ1n) is 10.2. The summed E-state index contributed by atoms with van der Waals surface area (Å²) in [5, 5.41) is 13.9. The van der Waals surface area contributed by atoms with Gasteiger partial charge in [-0.1, -0.05) is 12.5 Å². The van der Waals surface area contributed by atoms with Gasteiger partial charge in [0.15, 0.2) is 11.5 Å². The van der Waals surface area contributed by atoms with Crippen molar-refractivity contribution >= 4 is 27.5 Å². The van der Waals surface area contributed by atoms with Crippen LogP contribution in [0.15, 0.2) is 36.4 Å². The fourth-order valence-electron chi connectivity index (χ4n) is 4.46. The SMILES string of the molecule is COc1ccc2cc(CN3CCCCC3C(=O)O)c3cc(OC)c(OC)cc3c2c1. The minimum absolute atomic E-state index is 0.444. The minimum atomic E-state index is -0.746. The van der Waals surface area contributed by atoms with Crippen molar-refractivity contribution in [1.29, 1.82) is 0 Å². The highest BCUT2D eigenvalue weighted by atomic mass is 16.5. The molecule has 1 aliphatic heterocycles. The first-order chi connectivity index (χ1) is 14.5. The van der Waals surface area contributed by atoms with Gasteiger partial charge in [0.25, 0.3) is 0 Å². The number of hydrogen-bond donors (Lipinski definition) is 1. The first kappa shape index (κ1) is 20.3. The van der Waals surface area contributed by atoms with Crippen LogP contribution < -0.4 is 14.2 Å². The summed E-state index contributed by atoms with van der Waals surface area (Å²) in [5.74, 6) is 1.35. The normalized spacial score (nSPS) is 17.2. The molecule has 0 radical (unpaired) electrons. The number of nitrogens with zero attached hydrogens (tertiary/aromatic N) is 1. The monoisotopic (exact) mass is 409 g/mol. The number of carbonyl (C=O) groups is 1. The molecule has 1 heterocycles. The highest BCUT2D eigenvalue weighted by Gasteiger charge is 2.29. The lowest BCUT2D eigenvalue weighted by Crippen LogP contribution is -2.44. The van der Waals surface area contributed by atoms with Crippen molar-refractivity contribution in [3.05, 3.63) is 42.0 Å². The lowest BCUT2D eigenvalue weighted by molar-refractivity contribution is -0.144. The number of methoxy groups -OCH3 is 3. The Balaban J connectivity index is 1.92. The summed E-state index contributed by atoms with van der Waals surface area (Å²) in [7, 11) is 4.91. The van der Waals surface area contributed by atoms with Crippen LogP contribution in [0.2, 0.25) is 0 Å². The van der Waals surface area contributed by atoms with Gasteiger partial charge in [0.2, 0.25) is 0 Å². The quantitative estimate of drug-likeness (QED) is 0.607. The van der Waals surface area contributed by atoms with E-state index in [-0.39, 0.29) is 0 Å². The second-order valence-corrected chi connectivity index (χ2v) is 7.70. The van der Waals surface area contributed by atoms with Crippen LogP contribution in [0.4, 0.5) is 0 Å². The number of aliphatic carboxylic acids is 1. The highest BCUT2D eigenvalue weighted by Crippen LogP contribution is 2.39. The maximum absolute atomic E-state index is 11.8. The van der Waals surface area contributed by atoms with Crippen LogP contribution in [-0.2, 0) is 11.3 Å². The van der Waals surface area contributed by atoms with E-state index in [9.17, 15) is 9.90 Å². The van der Waals surface area contributed by atoms with Crippen LogP contribution in [-0.4, -0.2) is 49.9 Å². The summed E-state index contributed by atoms with van der Waals surface area (Å²) in [6, 6.07) is 11.7. The number of fused-ring (bicyclic) bond motifs is 3. The van der Waals surface area contributed by atoms with Crippen LogP contribution in [0, 0.1) is 0 Å². The van der Waals surface area contributed by atoms with Crippen molar-refractivity contribution in [3.63, 3.8) is 0 Å². The lowest BCUT2D eigenvalue weighted by Gasteiger charge is -2.33. The molecule has 0 aliphatic carbocycles. The van der Waals surface area contributed by atoms with E-state index >= 15 is 0 Å². The average Bonchev–Trinajstić information content (AvgIpc) is 2.78. The van der Waals surface area contributed by atoms with Gasteiger partial charge in [-0.25, -0.2) is 0 Å². The van der Waals surface area contributed by atoms with E-state index in [1.807, 2.05) is 30.3 Å². The van der Waals surface area contributed by atoms with E-state index < -0.39 is 12.0 Å². The maximum atomic E-state index is 11.8. The van der Waals surface area contributed by atoms with Gasteiger partial charge in [-0.05, 0) is 76.8 Å². The van der Waals surface area contributed by atoms with Crippen molar-refractivity contribution < 1.29 is 24.1 Å². The number of carboxylic acid groups (broad SMARTS) is 1. The van der Waals surface area contributed by atoms with Crippen molar-refractivity contribution in [2.24, 2.45) is 0 Å². The Morgan fingerprint density at radius 3 is 2.37 bits per heavy atom. The van der Waals surface area contributed by atoms with Crippen LogP contribution in [0.1, 0.15) is 24.8 Å². The topological polar surface area (TPSA) is 68.2 Å². The molecule has 0 amide bonds. The summed E-state index contributed by atoms with van der Waals surface area (Å²) < 4.78 is 16.5. The Hall–Kier alpha value is -2.99. The number of benzene rings is 3. The summed E-state index contributed by atoms with van der Waals surface area (Å²) in [6.07, 6.45) is 2.66. The Morgan fingerprint density at radius 1 is 0.967 bits per heavy atom. The van der Waals surface area contributed by atoms with E-state index in [0.717, 1.165) is 52.2 Å². The Kier molecular flexibility index (Phi) is 5.68. The van der Waals surface area contributed by atoms with E-state index in [1.54, 1.807) is 21.3 Å². The molecule has 158 valence electrons. The third kappa shape index (κ3) is 3.63. The zero-order valence-electron chi connectivity index (χ0n) is 17.6. The molecule has 6 heteroatoms. The molecule has 0 aromatic heterocycles. The molecule has 3 aromatic rings. The van der Waals surface area contributed by atoms with Crippen molar-refractivity contribution in [2.75, 3.05) is 27.9 Å². The van der Waals surface area contributed by atoms with Gasteiger partial charge in [-0.2, -0.15) is 0 Å².